The number of rotatable bonds is 10. The number of hydrogen-bond donors (Lipinski definition) is 0. The third kappa shape index (κ3) is 7.37. The Labute approximate surface area is 279 Å². The van der Waals surface area contributed by atoms with Gasteiger partial charge in [0.2, 0.25) is 0 Å². The lowest BCUT2D eigenvalue weighted by atomic mass is 10.1. The van der Waals surface area contributed by atoms with Crippen molar-refractivity contribution in [3.63, 3.8) is 0 Å². The van der Waals surface area contributed by atoms with E-state index in [0.29, 0.717) is 13.1 Å². The van der Waals surface area contributed by atoms with E-state index >= 15 is 0 Å². The number of carbonyl (C=O) groups excluding carboxylic acids is 1. The second-order valence-corrected chi connectivity index (χ2v) is 10.6. The van der Waals surface area contributed by atoms with Gasteiger partial charge >= 0.3 is 6.03 Å². The molecule has 0 unspecified atom stereocenters. The van der Waals surface area contributed by atoms with Crippen LogP contribution in [0.3, 0.4) is 0 Å². The molecule has 2 amide bonds. The molecule has 1 aliphatic rings. The summed E-state index contributed by atoms with van der Waals surface area (Å²) in [6.07, 6.45) is 7.83. The van der Waals surface area contributed by atoms with Crippen molar-refractivity contribution < 1.29 is 4.79 Å². The fourth-order valence-electron chi connectivity index (χ4n) is 5.67. The Morgan fingerprint density at radius 2 is 0.979 bits per heavy atom. The fourth-order valence-corrected chi connectivity index (χ4v) is 5.67. The minimum Gasteiger partial charge on any atom is -0.311 e. The standard InChI is InChI=1S/C40H36N4O.C2H6/c1-3-5-15-32(4-2)43(35-16-9-6-10-17-35)38-26-22-33(23-27-38)41-30-31-42(40(41)45)34-24-28-39(29-25-34)44(36-18-11-7-12-19-36)37-20-13-8-14-21-37;1-2/h3-29H,1,30-31H2,2H3;1-2H3/b15-5-,32-4+;. The summed E-state index contributed by atoms with van der Waals surface area (Å²) in [6.45, 7) is 11.1. The van der Waals surface area contributed by atoms with Crippen LogP contribution in [0, 0.1) is 0 Å². The number of allylic oxidation sites excluding steroid dienone is 4. The summed E-state index contributed by atoms with van der Waals surface area (Å²) in [7, 11) is 0. The van der Waals surface area contributed by atoms with E-state index in [1.165, 1.54) is 0 Å². The van der Waals surface area contributed by atoms with Crippen molar-refractivity contribution in [2.45, 2.75) is 20.8 Å². The Bertz CT molecular complexity index is 1740. The molecule has 5 nitrogen and oxygen atoms in total. The first kappa shape index (κ1) is 32.6. The highest BCUT2D eigenvalue weighted by Gasteiger charge is 2.31. The molecule has 1 saturated heterocycles. The maximum Gasteiger partial charge on any atom is 0.329 e. The van der Waals surface area contributed by atoms with Crippen LogP contribution in [-0.2, 0) is 0 Å². The largest absolute Gasteiger partial charge is 0.329 e. The number of para-hydroxylation sites is 3. The number of benzene rings is 5. The molecular formula is C42H42N4O. The van der Waals surface area contributed by atoms with Gasteiger partial charge in [-0.1, -0.05) is 93.3 Å². The van der Waals surface area contributed by atoms with Crippen molar-refractivity contribution in [3.8, 4) is 0 Å². The molecule has 1 heterocycles. The van der Waals surface area contributed by atoms with Gasteiger partial charge in [-0.05, 0) is 97.9 Å². The topological polar surface area (TPSA) is 30.0 Å². The van der Waals surface area contributed by atoms with Gasteiger partial charge in [0.25, 0.3) is 0 Å². The SMILES string of the molecule is C=C/C=C\C(=C/C)N(c1ccccc1)c1ccc(N2CCN(c3ccc(N(c4ccccc4)c4ccccc4)cc3)C2=O)cc1.CC. The first-order valence-corrected chi connectivity index (χ1v) is 16.2. The predicted octanol–water partition coefficient (Wildman–Crippen LogP) is 11.4. The molecule has 0 N–H and O–H groups in total. The van der Waals surface area contributed by atoms with Crippen LogP contribution in [0.2, 0.25) is 0 Å². The van der Waals surface area contributed by atoms with Crippen LogP contribution < -0.4 is 19.6 Å². The number of carbonyl (C=O) groups is 1. The Hall–Kier alpha value is -5.81. The molecule has 6 rings (SSSR count). The second kappa shape index (κ2) is 16.0. The van der Waals surface area contributed by atoms with Crippen molar-refractivity contribution >= 4 is 45.8 Å². The van der Waals surface area contributed by atoms with Crippen LogP contribution in [0.4, 0.5) is 44.6 Å². The number of amides is 2. The molecule has 1 aliphatic heterocycles. The molecule has 0 spiro atoms. The van der Waals surface area contributed by atoms with Gasteiger partial charge in [-0.2, -0.15) is 0 Å². The van der Waals surface area contributed by atoms with Gasteiger partial charge in [0, 0.05) is 58.6 Å². The van der Waals surface area contributed by atoms with Crippen molar-refractivity contribution in [1.82, 2.24) is 0 Å². The molecule has 0 aromatic heterocycles. The molecule has 5 aromatic carbocycles. The third-order valence-corrected chi connectivity index (χ3v) is 7.85. The van der Waals surface area contributed by atoms with Crippen molar-refractivity contribution in [2.24, 2.45) is 0 Å². The molecule has 47 heavy (non-hydrogen) atoms. The smallest absolute Gasteiger partial charge is 0.311 e. The number of hydrogen-bond acceptors (Lipinski definition) is 3. The Morgan fingerprint density at radius 3 is 1.40 bits per heavy atom. The van der Waals surface area contributed by atoms with E-state index in [0.717, 1.165) is 45.5 Å². The van der Waals surface area contributed by atoms with E-state index in [9.17, 15) is 4.79 Å². The van der Waals surface area contributed by atoms with Crippen molar-refractivity contribution in [2.75, 3.05) is 32.7 Å². The quantitative estimate of drug-likeness (QED) is 0.146. The van der Waals surface area contributed by atoms with E-state index < -0.39 is 0 Å². The van der Waals surface area contributed by atoms with Crippen molar-refractivity contribution in [1.29, 1.82) is 0 Å². The first-order valence-electron chi connectivity index (χ1n) is 16.2. The minimum absolute atomic E-state index is 0.0264. The van der Waals surface area contributed by atoms with Gasteiger partial charge in [-0.15, -0.1) is 0 Å². The molecule has 5 aromatic rings. The highest BCUT2D eigenvalue weighted by molar-refractivity contribution is 6.06. The van der Waals surface area contributed by atoms with Gasteiger partial charge in [0.1, 0.15) is 0 Å². The van der Waals surface area contributed by atoms with E-state index in [-0.39, 0.29) is 6.03 Å². The van der Waals surface area contributed by atoms with Crippen LogP contribution in [-0.4, -0.2) is 19.1 Å². The molecule has 0 aliphatic carbocycles. The summed E-state index contributed by atoms with van der Waals surface area (Å²) in [6, 6.07) is 47.3. The zero-order chi connectivity index (χ0) is 33.0. The molecule has 0 atom stereocenters. The highest BCUT2D eigenvalue weighted by atomic mass is 16.2. The monoisotopic (exact) mass is 618 g/mol. The fraction of sp³-hybridized carbons (Fsp3) is 0.119. The Balaban J connectivity index is 0.00000213. The third-order valence-electron chi connectivity index (χ3n) is 7.85. The number of anilines is 7. The summed E-state index contributed by atoms with van der Waals surface area (Å²) in [5.41, 5.74) is 8.02. The zero-order valence-corrected chi connectivity index (χ0v) is 27.4. The van der Waals surface area contributed by atoms with Crippen LogP contribution in [0.5, 0.6) is 0 Å². The second-order valence-electron chi connectivity index (χ2n) is 10.6. The van der Waals surface area contributed by atoms with Crippen molar-refractivity contribution in [3.05, 3.63) is 176 Å². The minimum atomic E-state index is -0.0264. The molecule has 0 radical (unpaired) electrons. The predicted molar refractivity (Wildman–Crippen MR) is 201 cm³/mol. The lowest BCUT2D eigenvalue weighted by Gasteiger charge is -2.27. The first-order chi connectivity index (χ1) is 23.2. The van der Waals surface area contributed by atoms with E-state index in [1.54, 1.807) is 6.08 Å². The van der Waals surface area contributed by atoms with E-state index in [2.05, 4.69) is 83.1 Å². The molecule has 0 bridgehead atoms. The summed E-state index contributed by atoms with van der Waals surface area (Å²) >= 11 is 0. The molecule has 0 saturated carbocycles. The van der Waals surface area contributed by atoms with Gasteiger partial charge in [-0.3, -0.25) is 9.80 Å². The van der Waals surface area contributed by atoms with E-state index in [4.69, 9.17) is 0 Å². The summed E-state index contributed by atoms with van der Waals surface area (Å²) < 4.78 is 0. The highest BCUT2D eigenvalue weighted by Crippen LogP contribution is 2.36. The zero-order valence-electron chi connectivity index (χ0n) is 27.4. The molecule has 5 heteroatoms. The number of urea groups is 1. The van der Waals surface area contributed by atoms with Gasteiger partial charge < -0.3 is 9.80 Å². The number of nitrogens with zero attached hydrogens (tertiary/aromatic N) is 4. The van der Waals surface area contributed by atoms with Gasteiger partial charge in [0.05, 0.1) is 0 Å². The molecule has 236 valence electrons. The maximum absolute atomic E-state index is 13.7. The summed E-state index contributed by atoms with van der Waals surface area (Å²) in [5, 5.41) is 0. The van der Waals surface area contributed by atoms with Crippen LogP contribution in [0.1, 0.15) is 20.8 Å². The lowest BCUT2D eigenvalue weighted by Crippen LogP contribution is -2.31. The maximum atomic E-state index is 13.7. The molecule has 1 fully saturated rings. The van der Waals surface area contributed by atoms with Crippen LogP contribution in [0.15, 0.2) is 176 Å². The Morgan fingerprint density at radius 1 is 0.596 bits per heavy atom. The lowest BCUT2D eigenvalue weighted by molar-refractivity contribution is 0.256. The Kier molecular flexibility index (Phi) is 11.1. The average Bonchev–Trinajstić information content (AvgIpc) is 3.53. The van der Waals surface area contributed by atoms with E-state index in [1.807, 2.05) is 122 Å². The van der Waals surface area contributed by atoms with Gasteiger partial charge in [-0.25, -0.2) is 4.79 Å². The van der Waals surface area contributed by atoms with Crippen LogP contribution >= 0.6 is 0 Å². The van der Waals surface area contributed by atoms with Gasteiger partial charge in [0.15, 0.2) is 0 Å². The summed E-state index contributed by atoms with van der Waals surface area (Å²) in [5.74, 6) is 0. The molecular weight excluding hydrogens is 576 g/mol. The summed E-state index contributed by atoms with van der Waals surface area (Å²) in [4.78, 5) is 21.8. The van der Waals surface area contributed by atoms with Crippen LogP contribution in [0.25, 0.3) is 0 Å². The average molecular weight is 619 g/mol. The normalized spacial score (nSPS) is 12.9.